The standard InChI is InChI=1S/C14H21N3O3S/c1-11(2)15-7-13-6-14(8-16-13)21(18,19)17(3)9-12-4-5-20-10-12/h4-6,8,10-11,15-16H,7,9H2,1-3H3. The van der Waals surface area contributed by atoms with Crippen molar-refractivity contribution in [2.75, 3.05) is 7.05 Å². The first-order valence-corrected chi connectivity index (χ1v) is 8.21. The van der Waals surface area contributed by atoms with E-state index in [2.05, 4.69) is 10.3 Å². The van der Waals surface area contributed by atoms with Crippen LogP contribution in [0.4, 0.5) is 0 Å². The van der Waals surface area contributed by atoms with Crippen LogP contribution in [0, 0.1) is 0 Å². The second kappa shape index (κ2) is 6.46. The van der Waals surface area contributed by atoms with Gasteiger partial charge in [-0.1, -0.05) is 13.8 Å². The fraction of sp³-hybridized carbons (Fsp3) is 0.429. The van der Waals surface area contributed by atoms with Crippen molar-refractivity contribution in [3.63, 3.8) is 0 Å². The molecule has 0 unspecified atom stereocenters. The Morgan fingerprint density at radius 2 is 2.19 bits per heavy atom. The van der Waals surface area contributed by atoms with Crippen molar-refractivity contribution in [3.8, 4) is 0 Å². The Morgan fingerprint density at radius 1 is 1.43 bits per heavy atom. The van der Waals surface area contributed by atoms with Crippen LogP contribution in [0.5, 0.6) is 0 Å². The molecular weight excluding hydrogens is 290 g/mol. The van der Waals surface area contributed by atoms with E-state index in [1.165, 1.54) is 16.8 Å². The summed E-state index contributed by atoms with van der Waals surface area (Å²) in [4.78, 5) is 3.27. The Kier molecular flexibility index (Phi) is 4.87. The second-order valence-corrected chi connectivity index (χ2v) is 7.33. The lowest BCUT2D eigenvalue weighted by Crippen LogP contribution is -2.26. The molecule has 0 saturated carbocycles. The summed E-state index contributed by atoms with van der Waals surface area (Å²) in [6, 6.07) is 3.76. The zero-order valence-electron chi connectivity index (χ0n) is 12.5. The fourth-order valence-electron chi connectivity index (χ4n) is 1.89. The van der Waals surface area contributed by atoms with E-state index < -0.39 is 10.0 Å². The van der Waals surface area contributed by atoms with Crippen LogP contribution in [0.15, 0.2) is 40.2 Å². The van der Waals surface area contributed by atoms with Crippen molar-refractivity contribution < 1.29 is 12.8 Å². The first-order chi connectivity index (χ1) is 9.89. The van der Waals surface area contributed by atoms with E-state index in [0.717, 1.165) is 11.3 Å². The molecule has 0 fully saturated rings. The van der Waals surface area contributed by atoms with Crippen molar-refractivity contribution in [1.29, 1.82) is 0 Å². The van der Waals surface area contributed by atoms with E-state index >= 15 is 0 Å². The number of aromatic amines is 1. The van der Waals surface area contributed by atoms with Gasteiger partial charge in [-0.15, -0.1) is 0 Å². The predicted molar refractivity (Wildman–Crippen MR) is 80.1 cm³/mol. The Bertz CT molecular complexity index is 659. The average molecular weight is 311 g/mol. The minimum Gasteiger partial charge on any atom is -0.472 e. The Hall–Kier alpha value is -1.57. The third kappa shape index (κ3) is 3.96. The molecule has 0 aliphatic carbocycles. The van der Waals surface area contributed by atoms with Gasteiger partial charge < -0.3 is 14.7 Å². The molecule has 2 N–H and O–H groups in total. The minimum atomic E-state index is -3.50. The van der Waals surface area contributed by atoms with Gasteiger partial charge in [0.15, 0.2) is 0 Å². The van der Waals surface area contributed by atoms with Crippen molar-refractivity contribution in [2.24, 2.45) is 0 Å². The second-order valence-electron chi connectivity index (χ2n) is 5.29. The molecule has 6 nitrogen and oxygen atoms in total. The third-order valence-electron chi connectivity index (χ3n) is 3.11. The lowest BCUT2D eigenvalue weighted by atomic mass is 10.3. The molecule has 21 heavy (non-hydrogen) atoms. The number of hydrogen-bond donors (Lipinski definition) is 2. The number of sulfonamides is 1. The number of H-pyrrole nitrogens is 1. The summed E-state index contributed by atoms with van der Waals surface area (Å²) in [5.74, 6) is 0. The minimum absolute atomic E-state index is 0.272. The van der Waals surface area contributed by atoms with E-state index in [1.807, 2.05) is 13.8 Å². The Labute approximate surface area is 125 Å². The van der Waals surface area contributed by atoms with Crippen molar-refractivity contribution >= 4 is 10.0 Å². The van der Waals surface area contributed by atoms with Crippen LogP contribution in [-0.2, 0) is 23.1 Å². The van der Waals surface area contributed by atoms with Gasteiger partial charge in [-0.25, -0.2) is 8.42 Å². The number of hydrogen-bond acceptors (Lipinski definition) is 4. The summed E-state index contributed by atoms with van der Waals surface area (Å²) in [7, 11) is -1.94. The highest BCUT2D eigenvalue weighted by Gasteiger charge is 2.22. The van der Waals surface area contributed by atoms with E-state index in [9.17, 15) is 8.42 Å². The third-order valence-corrected chi connectivity index (χ3v) is 4.89. The summed E-state index contributed by atoms with van der Waals surface area (Å²) in [6.07, 6.45) is 4.60. The maximum atomic E-state index is 12.5. The Balaban J connectivity index is 2.08. The van der Waals surface area contributed by atoms with E-state index in [0.29, 0.717) is 12.6 Å². The van der Waals surface area contributed by atoms with Crippen LogP contribution in [0.1, 0.15) is 25.1 Å². The summed E-state index contributed by atoms with van der Waals surface area (Å²) in [5.41, 5.74) is 1.66. The van der Waals surface area contributed by atoms with E-state index in [1.54, 1.807) is 25.4 Å². The van der Waals surface area contributed by atoms with Gasteiger partial charge in [-0.05, 0) is 12.1 Å². The number of furan rings is 1. The summed E-state index contributed by atoms with van der Waals surface area (Å²) in [6.45, 7) is 4.97. The zero-order chi connectivity index (χ0) is 15.5. The van der Waals surface area contributed by atoms with Crippen LogP contribution in [0.2, 0.25) is 0 Å². The van der Waals surface area contributed by atoms with Gasteiger partial charge in [0.25, 0.3) is 0 Å². The largest absolute Gasteiger partial charge is 0.472 e. The first-order valence-electron chi connectivity index (χ1n) is 6.77. The van der Waals surface area contributed by atoms with Gasteiger partial charge in [0.2, 0.25) is 10.0 Å². The maximum absolute atomic E-state index is 12.5. The number of rotatable bonds is 7. The summed E-state index contributed by atoms with van der Waals surface area (Å²) >= 11 is 0. The normalized spacial score (nSPS) is 12.4. The fourth-order valence-corrected chi connectivity index (χ4v) is 3.07. The first kappa shape index (κ1) is 15.8. The van der Waals surface area contributed by atoms with Crippen LogP contribution >= 0.6 is 0 Å². The molecule has 0 spiro atoms. The Morgan fingerprint density at radius 3 is 2.81 bits per heavy atom. The van der Waals surface area contributed by atoms with Crippen LogP contribution in [0.3, 0.4) is 0 Å². The monoisotopic (exact) mass is 311 g/mol. The molecule has 116 valence electrons. The van der Waals surface area contributed by atoms with Crippen LogP contribution in [-0.4, -0.2) is 30.8 Å². The number of nitrogens with one attached hydrogen (secondary N) is 2. The van der Waals surface area contributed by atoms with Gasteiger partial charge >= 0.3 is 0 Å². The number of nitrogens with zero attached hydrogens (tertiary/aromatic N) is 1. The van der Waals surface area contributed by atoms with Gasteiger partial charge in [-0.3, -0.25) is 0 Å². The summed E-state index contributed by atoms with van der Waals surface area (Å²) in [5, 5.41) is 3.24. The molecule has 0 aromatic carbocycles. The molecule has 2 aromatic heterocycles. The molecule has 2 rings (SSSR count). The average Bonchev–Trinajstić information content (AvgIpc) is 3.07. The molecule has 0 radical (unpaired) electrons. The van der Waals surface area contributed by atoms with Gasteiger partial charge in [-0.2, -0.15) is 4.31 Å². The smallest absolute Gasteiger partial charge is 0.244 e. The van der Waals surface area contributed by atoms with Crippen molar-refractivity contribution in [1.82, 2.24) is 14.6 Å². The highest BCUT2D eigenvalue weighted by Crippen LogP contribution is 2.18. The molecule has 0 aliphatic heterocycles. The molecule has 7 heteroatoms. The zero-order valence-corrected chi connectivity index (χ0v) is 13.3. The van der Waals surface area contributed by atoms with Gasteiger partial charge in [0, 0.05) is 43.6 Å². The van der Waals surface area contributed by atoms with Crippen LogP contribution < -0.4 is 5.32 Å². The van der Waals surface area contributed by atoms with Gasteiger partial charge in [0.1, 0.15) is 0 Å². The molecule has 2 heterocycles. The molecule has 0 amide bonds. The summed E-state index contributed by atoms with van der Waals surface area (Å²) < 4.78 is 31.2. The molecule has 0 bridgehead atoms. The highest BCUT2D eigenvalue weighted by molar-refractivity contribution is 7.89. The van der Waals surface area contributed by atoms with Gasteiger partial charge in [0.05, 0.1) is 17.4 Å². The van der Waals surface area contributed by atoms with E-state index in [-0.39, 0.29) is 11.4 Å². The molecule has 0 aliphatic rings. The number of aromatic nitrogens is 1. The quantitative estimate of drug-likeness (QED) is 0.819. The lowest BCUT2D eigenvalue weighted by molar-refractivity contribution is 0.463. The van der Waals surface area contributed by atoms with Crippen LogP contribution in [0.25, 0.3) is 0 Å². The van der Waals surface area contributed by atoms with Crippen molar-refractivity contribution in [3.05, 3.63) is 42.1 Å². The molecule has 0 atom stereocenters. The van der Waals surface area contributed by atoms with E-state index in [4.69, 9.17) is 4.42 Å². The molecule has 0 saturated heterocycles. The highest BCUT2D eigenvalue weighted by atomic mass is 32.2. The predicted octanol–water partition coefficient (Wildman–Crippen LogP) is 1.93. The topological polar surface area (TPSA) is 78.3 Å². The maximum Gasteiger partial charge on any atom is 0.244 e. The van der Waals surface area contributed by atoms with Crippen molar-refractivity contribution in [2.45, 2.75) is 37.9 Å². The molecular formula is C14H21N3O3S. The molecule has 2 aromatic rings. The SMILES string of the molecule is CC(C)NCc1cc(S(=O)(=O)N(C)Cc2ccoc2)c[nH]1. The lowest BCUT2D eigenvalue weighted by Gasteiger charge is -2.15.